The minimum atomic E-state index is 0.590. The Kier molecular flexibility index (Phi) is 8.75. The van der Waals surface area contributed by atoms with E-state index in [9.17, 15) is 0 Å². The maximum Gasteiger partial charge on any atom is 0.164 e. The lowest BCUT2D eigenvalue weighted by molar-refractivity contribution is 0.674. The van der Waals surface area contributed by atoms with E-state index in [-0.39, 0.29) is 0 Å². The topological polar surface area (TPSA) is 55.1 Å². The predicted octanol–water partition coefficient (Wildman–Crippen LogP) is 14.7. The third-order valence-corrected chi connectivity index (χ3v) is 11.1. The van der Waals surface area contributed by atoms with Crippen LogP contribution in [0.4, 0.5) is 17.1 Å². The van der Waals surface area contributed by atoms with Crippen molar-refractivity contribution in [3.8, 4) is 56.4 Å². The van der Waals surface area contributed by atoms with Crippen molar-refractivity contribution in [3.05, 3.63) is 218 Å². The van der Waals surface area contributed by atoms with Crippen LogP contribution >= 0.6 is 0 Å². The van der Waals surface area contributed by atoms with E-state index in [0.717, 1.165) is 77.6 Å². The summed E-state index contributed by atoms with van der Waals surface area (Å²) in [4.78, 5) is 17.5. The molecular weight excluding hydrogens is 733 g/mol. The van der Waals surface area contributed by atoms with Crippen molar-refractivity contribution in [2.45, 2.75) is 0 Å². The van der Waals surface area contributed by atoms with Crippen LogP contribution in [0.25, 0.3) is 89.1 Å². The highest BCUT2D eigenvalue weighted by molar-refractivity contribution is 6.18. The number of para-hydroxylation sites is 1. The maximum atomic E-state index is 6.93. The molecule has 0 saturated heterocycles. The summed E-state index contributed by atoms with van der Waals surface area (Å²) < 4.78 is 6.93. The normalized spacial score (nSPS) is 11.3. The summed E-state index contributed by atoms with van der Waals surface area (Å²) in [5.74, 6) is 1.82. The van der Waals surface area contributed by atoms with Crippen molar-refractivity contribution in [1.82, 2.24) is 15.0 Å². The molecule has 0 spiro atoms. The van der Waals surface area contributed by atoms with Gasteiger partial charge in [0.15, 0.2) is 17.5 Å². The fourth-order valence-electron chi connectivity index (χ4n) is 8.14. The van der Waals surface area contributed by atoms with Gasteiger partial charge in [-0.2, -0.15) is 0 Å². The van der Waals surface area contributed by atoms with Crippen molar-refractivity contribution in [2.75, 3.05) is 4.90 Å². The predicted molar refractivity (Wildman–Crippen MR) is 246 cm³/mol. The van der Waals surface area contributed by atoms with Gasteiger partial charge >= 0.3 is 0 Å². The molecule has 0 N–H and O–H groups in total. The van der Waals surface area contributed by atoms with Crippen LogP contribution in [0.15, 0.2) is 223 Å². The number of fused-ring (bicyclic) bond motifs is 5. The molecule has 0 radical (unpaired) electrons. The fraction of sp³-hybridized carbons (Fsp3) is 0. The number of aromatic nitrogens is 3. The monoisotopic (exact) mass is 768 g/mol. The fourth-order valence-corrected chi connectivity index (χ4v) is 8.14. The maximum absolute atomic E-state index is 6.93. The average molecular weight is 769 g/mol. The second-order valence-electron chi connectivity index (χ2n) is 14.8. The number of benzene rings is 9. The Hall–Kier alpha value is -8.15. The molecule has 60 heavy (non-hydrogen) atoms. The third kappa shape index (κ3) is 6.45. The Balaban J connectivity index is 1.08. The largest absolute Gasteiger partial charge is 0.455 e. The van der Waals surface area contributed by atoms with Gasteiger partial charge in [-0.1, -0.05) is 164 Å². The number of hydrogen-bond acceptors (Lipinski definition) is 5. The van der Waals surface area contributed by atoms with Gasteiger partial charge in [-0.15, -0.1) is 0 Å². The average Bonchev–Trinajstić information content (AvgIpc) is 3.72. The molecule has 0 bridgehead atoms. The van der Waals surface area contributed by atoms with Gasteiger partial charge in [0.2, 0.25) is 0 Å². The number of rotatable bonds is 8. The molecule has 2 heterocycles. The van der Waals surface area contributed by atoms with E-state index in [1.54, 1.807) is 0 Å². The minimum absolute atomic E-state index is 0.590. The molecular formula is C55H36N4O. The van der Waals surface area contributed by atoms with Crippen molar-refractivity contribution >= 4 is 49.8 Å². The van der Waals surface area contributed by atoms with Crippen LogP contribution in [0.1, 0.15) is 0 Å². The van der Waals surface area contributed by atoms with Crippen molar-refractivity contribution in [3.63, 3.8) is 0 Å². The van der Waals surface area contributed by atoms with Crippen LogP contribution < -0.4 is 4.90 Å². The van der Waals surface area contributed by atoms with E-state index < -0.39 is 0 Å². The van der Waals surface area contributed by atoms with Gasteiger partial charge in [-0.3, -0.25) is 0 Å². The van der Waals surface area contributed by atoms with Gasteiger partial charge in [-0.05, 0) is 76.7 Å². The summed E-state index contributed by atoms with van der Waals surface area (Å²) in [5.41, 5.74) is 11.9. The first-order chi connectivity index (χ1) is 29.7. The van der Waals surface area contributed by atoms with E-state index in [0.29, 0.717) is 17.5 Å². The molecule has 11 rings (SSSR count). The lowest BCUT2D eigenvalue weighted by Gasteiger charge is -2.26. The number of nitrogens with zero attached hydrogens (tertiary/aromatic N) is 4. The van der Waals surface area contributed by atoms with Crippen LogP contribution in [0.3, 0.4) is 0 Å². The van der Waals surface area contributed by atoms with Gasteiger partial charge in [0.05, 0.1) is 0 Å². The van der Waals surface area contributed by atoms with E-state index in [1.165, 1.54) is 11.1 Å². The van der Waals surface area contributed by atoms with Crippen LogP contribution in [0, 0.1) is 0 Å². The molecule has 5 nitrogen and oxygen atoms in total. The zero-order valence-electron chi connectivity index (χ0n) is 32.5. The summed E-state index contributed by atoms with van der Waals surface area (Å²) in [6, 6.07) is 75.7. The molecule has 5 heteroatoms. The molecule has 2 aromatic heterocycles. The van der Waals surface area contributed by atoms with Gasteiger partial charge < -0.3 is 9.32 Å². The third-order valence-electron chi connectivity index (χ3n) is 11.1. The van der Waals surface area contributed by atoms with E-state index in [4.69, 9.17) is 19.4 Å². The zero-order chi connectivity index (χ0) is 39.8. The SMILES string of the molecule is c1ccc(-c2ccc(N(c3ccccc3)c3ccc(-c4cc(-c5nc(-c6ccccc6)nc(-c6ccccc6)n5)cc5c4oc4c6ccccc6ccc54)cc3)cc2)cc1. The molecule has 0 saturated carbocycles. The quantitative estimate of drug-likeness (QED) is 0.154. The molecule has 0 aliphatic carbocycles. The molecule has 9 aromatic carbocycles. The molecule has 0 atom stereocenters. The first kappa shape index (κ1) is 35.0. The first-order valence-corrected chi connectivity index (χ1v) is 20.1. The standard InChI is InChI=1S/C55H36N4O/c1-5-15-37(16-6-1)38-25-30-45(31-26-38)59(44-22-11-4-12-23-44)46-32-27-40(28-33-46)49-35-43(36-50-48-34-29-39-17-13-14-24-47(39)51(48)60-52(49)50)55-57-53(41-18-7-2-8-19-41)56-54(58-55)42-20-9-3-10-21-42/h1-36H. The van der Waals surface area contributed by atoms with Gasteiger partial charge in [0, 0.05) is 55.5 Å². The van der Waals surface area contributed by atoms with Crippen molar-refractivity contribution in [1.29, 1.82) is 0 Å². The van der Waals surface area contributed by atoms with Gasteiger partial charge in [0.1, 0.15) is 11.2 Å². The highest BCUT2D eigenvalue weighted by atomic mass is 16.3. The van der Waals surface area contributed by atoms with Crippen LogP contribution in [-0.4, -0.2) is 15.0 Å². The Morgan fingerprint density at radius 3 is 1.37 bits per heavy atom. The molecule has 0 amide bonds. The van der Waals surface area contributed by atoms with E-state index in [2.05, 4.69) is 157 Å². The summed E-state index contributed by atoms with van der Waals surface area (Å²) >= 11 is 0. The van der Waals surface area contributed by atoms with Crippen molar-refractivity contribution < 1.29 is 4.42 Å². The summed E-state index contributed by atoms with van der Waals surface area (Å²) in [6.07, 6.45) is 0. The second-order valence-corrected chi connectivity index (χ2v) is 14.8. The highest BCUT2D eigenvalue weighted by Crippen LogP contribution is 2.43. The lowest BCUT2D eigenvalue weighted by Crippen LogP contribution is -2.09. The minimum Gasteiger partial charge on any atom is -0.455 e. The molecule has 11 aromatic rings. The second kappa shape index (κ2) is 15.0. The summed E-state index contributed by atoms with van der Waals surface area (Å²) in [6.45, 7) is 0. The van der Waals surface area contributed by atoms with Gasteiger partial charge in [-0.25, -0.2) is 15.0 Å². The molecule has 0 unspecified atom stereocenters. The molecule has 282 valence electrons. The van der Waals surface area contributed by atoms with Crippen LogP contribution in [0.2, 0.25) is 0 Å². The van der Waals surface area contributed by atoms with Crippen LogP contribution in [0.5, 0.6) is 0 Å². The van der Waals surface area contributed by atoms with E-state index >= 15 is 0 Å². The molecule has 0 aliphatic rings. The number of furan rings is 1. The molecule has 0 fully saturated rings. The smallest absolute Gasteiger partial charge is 0.164 e. The van der Waals surface area contributed by atoms with Gasteiger partial charge in [0.25, 0.3) is 0 Å². The van der Waals surface area contributed by atoms with E-state index in [1.807, 2.05) is 66.7 Å². The summed E-state index contributed by atoms with van der Waals surface area (Å²) in [5, 5.41) is 4.24. The first-order valence-electron chi connectivity index (χ1n) is 20.1. The zero-order valence-corrected chi connectivity index (χ0v) is 32.5. The van der Waals surface area contributed by atoms with Crippen molar-refractivity contribution in [2.24, 2.45) is 0 Å². The lowest BCUT2D eigenvalue weighted by atomic mass is 9.97. The Labute approximate surface area is 347 Å². The number of hydrogen-bond donors (Lipinski definition) is 0. The Bertz CT molecular complexity index is 3220. The number of anilines is 3. The Morgan fingerprint density at radius 1 is 0.300 bits per heavy atom. The molecule has 0 aliphatic heterocycles. The van der Waals surface area contributed by atoms with Crippen LogP contribution in [-0.2, 0) is 0 Å². The highest BCUT2D eigenvalue weighted by Gasteiger charge is 2.20. The summed E-state index contributed by atoms with van der Waals surface area (Å²) in [7, 11) is 0. The Morgan fingerprint density at radius 2 is 0.767 bits per heavy atom.